The summed E-state index contributed by atoms with van der Waals surface area (Å²) in [5.74, 6) is 0. The van der Waals surface area contributed by atoms with Gasteiger partial charge in [0.1, 0.15) is 0 Å². The molecular formula is C18H23N3O. The lowest BCUT2D eigenvalue weighted by atomic mass is 10.1. The normalized spacial score (nSPS) is 16.7. The predicted molar refractivity (Wildman–Crippen MR) is 86.4 cm³/mol. The van der Waals surface area contributed by atoms with Gasteiger partial charge >= 0.3 is 0 Å². The average molecular weight is 297 g/mol. The molecule has 2 aromatic rings. The lowest BCUT2D eigenvalue weighted by molar-refractivity contribution is -0.00353. The highest BCUT2D eigenvalue weighted by Gasteiger charge is 2.19. The lowest BCUT2D eigenvalue weighted by Gasteiger charge is -2.31. The minimum atomic E-state index is 0.369. The molecule has 0 bridgehead atoms. The first kappa shape index (κ1) is 15.1. The number of aromatic nitrogens is 2. The van der Waals surface area contributed by atoms with Crippen molar-refractivity contribution in [2.24, 2.45) is 0 Å². The van der Waals surface area contributed by atoms with Gasteiger partial charge < -0.3 is 9.64 Å². The van der Waals surface area contributed by atoms with E-state index < -0.39 is 0 Å². The number of hydrogen-bond acceptors (Lipinski definition) is 4. The summed E-state index contributed by atoms with van der Waals surface area (Å²) in [6.07, 6.45) is 7.30. The second kappa shape index (κ2) is 8.01. The van der Waals surface area contributed by atoms with Crippen LogP contribution in [0.25, 0.3) is 0 Å². The monoisotopic (exact) mass is 297 g/mol. The molecule has 0 radical (unpaired) electrons. The van der Waals surface area contributed by atoms with E-state index >= 15 is 0 Å². The van der Waals surface area contributed by atoms with Crippen LogP contribution in [0, 0.1) is 0 Å². The molecule has 0 amide bonds. The fraction of sp³-hybridized carbons (Fsp3) is 0.444. The molecule has 4 nitrogen and oxygen atoms in total. The smallest absolute Gasteiger partial charge is 0.0891 e. The third-order valence-corrected chi connectivity index (χ3v) is 4.14. The summed E-state index contributed by atoms with van der Waals surface area (Å²) < 4.78 is 5.98. The number of pyridine rings is 2. The first-order chi connectivity index (χ1) is 10.9. The number of likely N-dealkylation sites (tertiary alicyclic amines) is 1. The van der Waals surface area contributed by atoms with Crippen molar-refractivity contribution in [1.29, 1.82) is 0 Å². The molecule has 0 atom stereocenters. The Hall–Kier alpha value is -1.78. The summed E-state index contributed by atoms with van der Waals surface area (Å²) in [7, 11) is 0. The molecular weight excluding hydrogens is 274 g/mol. The van der Waals surface area contributed by atoms with E-state index in [0.717, 1.165) is 44.6 Å². The van der Waals surface area contributed by atoms with E-state index in [1.807, 2.05) is 36.7 Å². The van der Waals surface area contributed by atoms with E-state index in [2.05, 4.69) is 27.0 Å². The summed E-state index contributed by atoms with van der Waals surface area (Å²) in [5, 5.41) is 0. The zero-order valence-corrected chi connectivity index (χ0v) is 12.9. The van der Waals surface area contributed by atoms with E-state index in [9.17, 15) is 0 Å². The summed E-state index contributed by atoms with van der Waals surface area (Å²) in [5.41, 5.74) is 2.19. The quantitative estimate of drug-likeness (QED) is 0.821. The maximum atomic E-state index is 5.98. The van der Waals surface area contributed by atoms with Crippen molar-refractivity contribution in [3.05, 3.63) is 60.2 Å². The number of ether oxygens (including phenoxy) is 1. The standard InChI is InChI=1S/C18H23N3O/c1-3-10-19-16(5-1)7-12-21-13-8-18(9-14-21)22-15-17-6-2-4-11-20-17/h1-6,10-11,18H,7-9,12-15H2. The minimum Gasteiger partial charge on any atom is -0.372 e. The van der Waals surface area contributed by atoms with Crippen LogP contribution >= 0.6 is 0 Å². The van der Waals surface area contributed by atoms with Crippen molar-refractivity contribution in [1.82, 2.24) is 14.9 Å². The molecule has 3 heterocycles. The predicted octanol–water partition coefficient (Wildman–Crippen LogP) is 2.70. The van der Waals surface area contributed by atoms with Gasteiger partial charge in [0.05, 0.1) is 18.4 Å². The Morgan fingerprint density at radius 3 is 2.27 bits per heavy atom. The first-order valence-corrected chi connectivity index (χ1v) is 8.04. The Morgan fingerprint density at radius 1 is 0.955 bits per heavy atom. The molecule has 1 aliphatic heterocycles. The van der Waals surface area contributed by atoms with Gasteiger partial charge in [-0.1, -0.05) is 12.1 Å². The van der Waals surface area contributed by atoms with Crippen LogP contribution in [0.2, 0.25) is 0 Å². The number of rotatable bonds is 6. The minimum absolute atomic E-state index is 0.369. The van der Waals surface area contributed by atoms with Gasteiger partial charge in [0.25, 0.3) is 0 Å². The summed E-state index contributed by atoms with van der Waals surface area (Å²) in [4.78, 5) is 11.2. The highest BCUT2D eigenvalue weighted by Crippen LogP contribution is 2.15. The zero-order valence-electron chi connectivity index (χ0n) is 12.9. The molecule has 1 saturated heterocycles. The molecule has 22 heavy (non-hydrogen) atoms. The average Bonchev–Trinajstić information content (AvgIpc) is 2.61. The van der Waals surface area contributed by atoms with Crippen molar-refractivity contribution in [3.63, 3.8) is 0 Å². The van der Waals surface area contributed by atoms with Crippen LogP contribution in [-0.4, -0.2) is 40.6 Å². The Morgan fingerprint density at radius 2 is 1.64 bits per heavy atom. The Labute approximate surface area is 132 Å². The molecule has 116 valence electrons. The van der Waals surface area contributed by atoms with E-state index in [1.165, 1.54) is 5.69 Å². The van der Waals surface area contributed by atoms with Gasteiger partial charge in [-0.15, -0.1) is 0 Å². The van der Waals surface area contributed by atoms with Gasteiger partial charge in [0.15, 0.2) is 0 Å². The van der Waals surface area contributed by atoms with E-state index in [0.29, 0.717) is 12.7 Å². The van der Waals surface area contributed by atoms with Crippen molar-refractivity contribution in [3.8, 4) is 0 Å². The molecule has 1 aliphatic rings. The van der Waals surface area contributed by atoms with Crippen LogP contribution in [0.3, 0.4) is 0 Å². The third kappa shape index (κ3) is 4.61. The second-order valence-electron chi connectivity index (χ2n) is 5.74. The van der Waals surface area contributed by atoms with E-state index in [4.69, 9.17) is 4.74 Å². The fourth-order valence-electron chi connectivity index (χ4n) is 2.80. The highest BCUT2D eigenvalue weighted by atomic mass is 16.5. The lowest BCUT2D eigenvalue weighted by Crippen LogP contribution is -2.38. The van der Waals surface area contributed by atoms with Crippen molar-refractivity contribution < 1.29 is 4.74 Å². The van der Waals surface area contributed by atoms with Crippen LogP contribution in [0.5, 0.6) is 0 Å². The van der Waals surface area contributed by atoms with Crippen molar-refractivity contribution in [2.75, 3.05) is 19.6 Å². The van der Waals surface area contributed by atoms with Crippen LogP contribution in [0.4, 0.5) is 0 Å². The largest absolute Gasteiger partial charge is 0.372 e. The molecule has 0 aliphatic carbocycles. The SMILES string of the molecule is c1ccc(CCN2CCC(OCc3ccccn3)CC2)nc1. The molecule has 0 saturated carbocycles. The Balaban J connectivity index is 1.35. The van der Waals surface area contributed by atoms with Gasteiger partial charge in [-0.3, -0.25) is 9.97 Å². The van der Waals surface area contributed by atoms with E-state index in [1.54, 1.807) is 0 Å². The number of nitrogens with zero attached hydrogens (tertiary/aromatic N) is 3. The third-order valence-electron chi connectivity index (χ3n) is 4.14. The molecule has 3 rings (SSSR count). The molecule has 1 fully saturated rings. The summed E-state index contributed by atoms with van der Waals surface area (Å²) in [6.45, 7) is 3.93. The van der Waals surface area contributed by atoms with E-state index in [-0.39, 0.29) is 0 Å². The first-order valence-electron chi connectivity index (χ1n) is 8.04. The molecule has 0 spiro atoms. The summed E-state index contributed by atoms with van der Waals surface area (Å²) in [6, 6.07) is 12.1. The topological polar surface area (TPSA) is 38.2 Å². The maximum absolute atomic E-state index is 5.98. The number of hydrogen-bond donors (Lipinski definition) is 0. The van der Waals surface area contributed by atoms with Crippen molar-refractivity contribution >= 4 is 0 Å². The van der Waals surface area contributed by atoms with Gasteiger partial charge in [0.2, 0.25) is 0 Å². The van der Waals surface area contributed by atoms with Gasteiger partial charge in [-0.2, -0.15) is 0 Å². The summed E-state index contributed by atoms with van der Waals surface area (Å²) >= 11 is 0. The Bertz CT molecular complexity index is 487. The maximum Gasteiger partial charge on any atom is 0.0891 e. The molecule has 0 unspecified atom stereocenters. The van der Waals surface area contributed by atoms with Crippen molar-refractivity contribution in [2.45, 2.75) is 32.0 Å². The fourth-order valence-corrected chi connectivity index (χ4v) is 2.80. The van der Waals surface area contributed by atoms with Crippen LogP contribution < -0.4 is 0 Å². The van der Waals surface area contributed by atoms with Gasteiger partial charge in [-0.25, -0.2) is 0 Å². The Kier molecular flexibility index (Phi) is 5.51. The molecule has 0 aromatic carbocycles. The van der Waals surface area contributed by atoms with Crippen LogP contribution in [0.15, 0.2) is 48.8 Å². The van der Waals surface area contributed by atoms with Crippen LogP contribution in [-0.2, 0) is 17.8 Å². The highest BCUT2D eigenvalue weighted by molar-refractivity contribution is 5.04. The van der Waals surface area contributed by atoms with Gasteiger partial charge in [-0.05, 0) is 37.1 Å². The molecule has 0 N–H and O–H groups in total. The second-order valence-corrected chi connectivity index (χ2v) is 5.74. The van der Waals surface area contributed by atoms with Crippen LogP contribution in [0.1, 0.15) is 24.2 Å². The molecule has 4 heteroatoms. The molecule has 2 aromatic heterocycles. The number of piperidine rings is 1. The zero-order chi connectivity index (χ0) is 15.0. The van der Waals surface area contributed by atoms with Gasteiger partial charge in [0, 0.05) is 44.1 Å².